The van der Waals surface area contributed by atoms with Gasteiger partial charge in [-0.3, -0.25) is 4.79 Å². The fourth-order valence-corrected chi connectivity index (χ4v) is 2.82. The van der Waals surface area contributed by atoms with E-state index >= 15 is 0 Å². The molecule has 1 aromatic heterocycles. The Morgan fingerprint density at radius 3 is 2.37 bits per heavy atom. The molecule has 0 fully saturated rings. The molecule has 5 heteroatoms. The highest BCUT2D eigenvalue weighted by atomic mass is 16.5. The number of ether oxygens (including phenoxy) is 1. The van der Waals surface area contributed by atoms with Crippen LogP contribution in [-0.4, -0.2) is 23.0 Å². The van der Waals surface area contributed by atoms with Gasteiger partial charge in [0.2, 0.25) is 0 Å². The van der Waals surface area contributed by atoms with Crippen LogP contribution in [0.1, 0.15) is 5.56 Å². The number of para-hydroxylation sites is 1. The van der Waals surface area contributed by atoms with Crippen molar-refractivity contribution >= 4 is 17.1 Å². The summed E-state index contributed by atoms with van der Waals surface area (Å²) in [4.78, 5) is 17.7. The molecule has 4 aromatic rings. The molecule has 0 radical (unpaired) electrons. The third-order valence-corrected chi connectivity index (χ3v) is 4.22. The van der Waals surface area contributed by atoms with E-state index in [0.29, 0.717) is 16.7 Å². The van der Waals surface area contributed by atoms with Gasteiger partial charge in [-0.2, -0.15) is 9.78 Å². The number of methoxy groups -OCH3 is 1. The first-order valence-electron chi connectivity index (χ1n) is 8.52. The second-order valence-corrected chi connectivity index (χ2v) is 5.95. The molecule has 0 saturated heterocycles. The maximum atomic E-state index is 13.0. The molecule has 0 spiro atoms. The molecule has 0 unspecified atom stereocenters. The molecular formula is C22H17N3O2. The van der Waals surface area contributed by atoms with E-state index < -0.39 is 0 Å². The number of hydrogen-bond donors (Lipinski definition) is 0. The highest BCUT2D eigenvalue weighted by Gasteiger charge is 2.11. The van der Waals surface area contributed by atoms with Crippen molar-refractivity contribution in [2.75, 3.05) is 7.11 Å². The first kappa shape index (κ1) is 16.7. The lowest BCUT2D eigenvalue weighted by Crippen LogP contribution is -2.20. The zero-order valence-electron chi connectivity index (χ0n) is 14.7. The molecule has 0 aliphatic rings. The molecule has 0 aliphatic heterocycles. The van der Waals surface area contributed by atoms with Crippen LogP contribution in [0, 0.1) is 0 Å². The summed E-state index contributed by atoms with van der Waals surface area (Å²) in [6.07, 6.45) is 1.64. The molecule has 0 N–H and O–H groups in total. The predicted molar refractivity (Wildman–Crippen MR) is 107 cm³/mol. The van der Waals surface area contributed by atoms with Crippen LogP contribution in [0.25, 0.3) is 22.3 Å². The van der Waals surface area contributed by atoms with E-state index in [2.05, 4.69) is 10.1 Å². The SMILES string of the molecule is COc1ccc(/C=N\n2c(-c3ccccc3)nc3ccccc3c2=O)cc1. The van der Waals surface area contributed by atoms with Crippen LogP contribution in [0.3, 0.4) is 0 Å². The quantitative estimate of drug-likeness (QED) is 0.521. The lowest BCUT2D eigenvalue weighted by atomic mass is 10.2. The maximum absolute atomic E-state index is 13.0. The van der Waals surface area contributed by atoms with Gasteiger partial charge in [0.05, 0.1) is 24.2 Å². The molecule has 0 saturated carbocycles. The van der Waals surface area contributed by atoms with Gasteiger partial charge < -0.3 is 4.74 Å². The Morgan fingerprint density at radius 1 is 0.926 bits per heavy atom. The average Bonchev–Trinajstić information content (AvgIpc) is 2.74. The zero-order chi connectivity index (χ0) is 18.6. The fraction of sp³-hybridized carbons (Fsp3) is 0.0455. The summed E-state index contributed by atoms with van der Waals surface area (Å²) >= 11 is 0. The molecule has 1 heterocycles. The number of nitrogens with zero attached hydrogens (tertiary/aromatic N) is 3. The molecular weight excluding hydrogens is 338 g/mol. The van der Waals surface area contributed by atoms with Crippen LogP contribution in [0.15, 0.2) is 88.8 Å². The number of fused-ring (bicyclic) bond motifs is 1. The van der Waals surface area contributed by atoms with Crippen molar-refractivity contribution in [1.29, 1.82) is 0 Å². The minimum Gasteiger partial charge on any atom is -0.497 e. The van der Waals surface area contributed by atoms with Gasteiger partial charge in [0.1, 0.15) is 5.75 Å². The fourth-order valence-electron chi connectivity index (χ4n) is 2.82. The highest BCUT2D eigenvalue weighted by Crippen LogP contribution is 2.18. The number of rotatable bonds is 4. The van der Waals surface area contributed by atoms with Gasteiger partial charge in [0.15, 0.2) is 5.82 Å². The smallest absolute Gasteiger partial charge is 0.282 e. The zero-order valence-corrected chi connectivity index (χ0v) is 14.7. The van der Waals surface area contributed by atoms with Gasteiger partial charge >= 0.3 is 0 Å². The minimum absolute atomic E-state index is 0.204. The van der Waals surface area contributed by atoms with Crippen molar-refractivity contribution in [1.82, 2.24) is 9.66 Å². The topological polar surface area (TPSA) is 56.5 Å². The van der Waals surface area contributed by atoms with Gasteiger partial charge in [0, 0.05) is 5.56 Å². The highest BCUT2D eigenvalue weighted by molar-refractivity contribution is 5.82. The Balaban J connectivity index is 1.88. The molecule has 0 atom stereocenters. The Kier molecular flexibility index (Phi) is 4.49. The maximum Gasteiger partial charge on any atom is 0.282 e. The number of benzene rings is 3. The monoisotopic (exact) mass is 355 g/mol. The standard InChI is InChI=1S/C22H17N3O2/c1-27-18-13-11-16(12-14-18)15-23-25-21(17-7-3-2-4-8-17)24-20-10-6-5-9-19(20)22(25)26/h2-15H,1H3/b23-15-. The summed E-state index contributed by atoms with van der Waals surface area (Å²) < 4.78 is 6.52. The second kappa shape index (κ2) is 7.25. The lowest BCUT2D eigenvalue weighted by Gasteiger charge is -2.09. The van der Waals surface area contributed by atoms with E-state index in [1.165, 1.54) is 4.68 Å². The molecule has 0 bridgehead atoms. The van der Waals surface area contributed by atoms with Crippen molar-refractivity contribution in [3.63, 3.8) is 0 Å². The molecule has 27 heavy (non-hydrogen) atoms. The van der Waals surface area contributed by atoms with E-state index in [1.54, 1.807) is 19.4 Å². The lowest BCUT2D eigenvalue weighted by molar-refractivity contribution is 0.415. The van der Waals surface area contributed by atoms with Crippen LogP contribution < -0.4 is 10.3 Å². The summed E-state index contributed by atoms with van der Waals surface area (Å²) in [5.74, 6) is 1.27. The van der Waals surface area contributed by atoms with Crippen LogP contribution in [0.5, 0.6) is 5.75 Å². The molecule has 132 valence electrons. The average molecular weight is 355 g/mol. The van der Waals surface area contributed by atoms with Gasteiger partial charge in [-0.05, 0) is 42.0 Å². The molecule has 4 rings (SSSR count). The van der Waals surface area contributed by atoms with Crippen molar-refractivity contribution in [2.45, 2.75) is 0 Å². The third-order valence-electron chi connectivity index (χ3n) is 4.22. The van der Waals surface area contributed by atoms with Crippen molar-refractivity contribution in [2.24, 2.45) is 5.10 Å². The summed E-state index contributed by atoms with van der Waals surface area (Å²) in [7, 11) is 1.62. The van der Waals surface area contributed by atoms with Crippen LogP contribution >= 0.6 is 0 Å². The van der Waals surface area contributed by atoms with Crippen molar-refractivity contribution < 1.29 is 4.74 Å². The second-order valence-electron chi connectivity index (χ2n) is 5.95. The van der Waals surface area contributed by atoms with E-state index in [9.17, 15) is 4.79 Å². The van der Waals surface area contributed by atoms with Crippen LogP contribution in [0.2, 0.25) is 0 Å². The Labute approximate surface area is 156 Å². The summed E-state index contributed by atoms with van der Waals surface area (Å²) in [5.41, 5.74) is 2.13. The minimum atomic E-state index is -0.204. The molecule has 0 amide bonds. The third kappa shape index (κ3) is 3.35. The first-order valence-corrected chi connectivity index (χ1v) is 8.52. The van der Waals surface area contributed by atoms with E-state index in [-0.39, 0.29) is 5.56 Å². The van der Waals surface area contributed by atoms with E-state index in [1.807, 2.05) is 72.8 Å². The van der Waals surface area contributed by atoms with Crippen LogP contribution in [-0.2, 0) is 0 Å². The normalized spacial score (nSPS) is 11.1. The largest absolute Gasteiger partial charge is 0.497 e. The molecule has 3 aromatic carbocycles. The van der Waals surface area contributed by atoms with Crippen molar-refractivity contribution in [3.8, 4) is 17.1 Å². The summed E-state index contributed by atoms with van der Waals surface area (Å²) in [6.45, 7) is 0. The molecule has 0 aliphatic carbocycles. The predicted octanol–water partition coefficient (Wildman–Crippen LogP) is 3.95. The summed E-state index contributed by atoms with van der Waals surface area (Å²) in [5, 5.41) is 4.97. The van der Waals surface area contributed by atoms with Gasteiger partial charge in [-0.1, -0.05) is 42.5 Å². The van der Waals surface area contributed by atoms with Crippen LogP contribution in [0.4, 0.5) is 0 Å². The van der Waals surface area contributed by atoms with Gasteiger partial charge in [-0.15, -0.1) is 0 Å². The Morgan fingerprint density at radius 2 is 1.63 bits per heavy atom. The van der Waals surface area contributed by atoms with Gasteiger partial charge in [-0.25, -0.2) is 4.98 Å². The summed E-state index contributed by atoms with van der Waals surface area (Å²) in [6, 6.07) is 24.3. The number of aromatic nitrogens is 2. The van der Waals surface area contributed by atoms with E-state index in [4.69, 9.17) is 4.74 Å². The van der Waals surface area contributed by atoms with Gasteiger partial charge in [0.25, 0.3) is 5.56 Å². The molecule has 5 nitrogen and oxygen atoms in total. The van der Waals surface area contributed by atoms with Crippen molar-refractivity contribution in [3.05, 3.63) is 94.8 Å². The van der Waals surface area contributed by atoms with E-state index in [0.717, 1.165) is 16.9 Å². The first-order chi connectivity index (χ1) is 13.3. The Hall–Kier alpha value is -3.73. The Bertz CT molecular complexity index is 1160. The number of hydrogen-bond acceptors (Lipinski definition) is 4.